The largest absolute Gasteiger partial charge is 0.456 e. The lowest BCUT2D eigenvalue weighted by Gasteiger charge is -2.33. The van der Waals surface area contributed by atoms with Gasteiger partial charge in [0.15, 0.2) is 12.4 Å². The zero-order valence-electron chi connectivity index (χ0n) is 18.9. The van der Waals surface area contributed by atoms with Gasteiger partial charge in [-0.15, -0.1) is 11.3 Å². The van der Waals surface area contributed by atoms with Crippen LogP contribution in [0.2, 0.25) is 0 Å². The fourth-order valence-corrected chi connectivity index (χ4v) is 6.94. The molecule has 9 heteroatoms. The predicted molar refractivity (Wildman–Crippen MR) is 130 cm³/mol. The highest BCUT2D eigenvalue weighted by molar-refractivity contribution is 7.89. The summed E-state index contributed by atoms with van der Waals surface area (Å²) in [6.45, 7) is 3.01. The van der Waals surface area contributed by atoms with Crippen LogP contribution in [0.4, 0.5) is 0 Å². The van der Waals surface area contributed by atoms with Gasteiger partial charge in [-0.3, -0.25) is 14.4 Å². The molecule has 0 spiro atoms. The number of ether oxygens (including phenoxy) is 1. The van der Waals surface area contributed by atoms with E-state index in [2.05, 4.69) is 0 Å². The van der Waals surface area contributed by atoms with Crippen molar-refractivity contribution < 1.29 is 27.5 Å². The highest BCUT2D eigenvalue weighted by Crippen LogP contribution is 2.31. The normalized spacial score (nSPS) is 16.9. The first-order valence-electron chi connectivity index (χ1n) is 11.0. The van der Waals surface area contributed by atoms with Crippen molar-refractivity contribution in [1.82, 2.24) is 4.31 Å². The van der Waals surface area contributed by atoms with Crippen molar-refractivity contribution in [2.24, 2.45) is 0 Å². The number of rotatable bonds is 7. The molecular weight excluding hydrogens is 474 g/mol. The number of hydrogen-bond donors (Lipinski definition) is 0. The van der Waals surface area contributed by atoms with Crippen LogP contribution in [0.1, 0.15) is 51.8 Å². The van der Waals surface area contributed by atoms with Crippen molar-refractivity contribution in [3.05, 3.63) is 64.5 Å². The number of fused-ring (bicyclic) bond motifs is 1. The molecule has 0 N–H and O–H groups in total. The first-order valence-corrected chi connectivity index (χ1v) is 13.3. The summed E-state index contributed by atoms with van der Waals surface area (Å²) in [7, 11) is -3.98. The summed E-state index contributed by atoms with van der Waals surface area (Å²) < 4.78 is 34.0. The van der Waals surface area contributed by atoms with E-state index in [9.17, 15) is 22.8 Å². The first kappa shape index (κ1) is 24.3. The van der Waals surface area contributed by atoms with Gasteiger partial charge in [0.1, 0.15) is 6.04 Å². The number of thiophene rings is 1. The Morgan fingerprint density at radius 1 is 1.06 bits per heavy atom. The van der Waals surface area contributed by atoms with Crippen LogP contribution >= 0.6 is 11.3 Å². The van der Waals surface area contributed by atoms with E-state index in [1.807, 2.05) is 31.2 Å². The third kappa shape index (κ3) is 4.68. The molecule has 7 nitrogen and oxygen atoms in total. The van der Waals surface area contributed by atoms with E-state index in [1.165, 1.54) is 42.5 Å². The topological polar surface area (TPSA) is 97.8 Å². The molecule has 3 aromatic rings. The third-order valence-corrected chi connectivity index (χ3v) is 9.27. The second-order valence-electron chi connectivity index (χ2n) is 8.29. The van der Waals surface area contributed by atoms with Crippen LogP contribution in [0.25, 0.3) is 10.1 Å². The zero-order valence-corrected chi connectivity index (χ0v) is 20.6. The van der Waals surface area contributed by atoms with Gasteiger partial charge < -0.3 is 4.74 Å². The van der Waals surface area contributed by atoms with Crippen LogP contribution in [-0.2, 0) is 19.6 Å². The Hall–Kier alpha value is -2.88. The molecule has 1 aliphatic heterocycles. The van der Waals surface area contributed by atoms with Gasteiger partial charge in [-0.1, -0.05) is 30.3 Å². The fourth-order valence-electron chi connectivity index (χ4n) is 4.16. The van der Waals surface area contributed by atoms with Crippen molar-refractivity contribution in [3.63, 3.8) is 0 Å². The van der Waals surface area contributed by atoms with E-state index < -0.39 is 28.6 Å². The Bertz CT molecular complexity index is 1360. The van der Waals surface area contributed by atoms with Crippen molar-refractivity contribution in [2.75, 3.05) is 13.2 Å². The summed E-state index contributed by atoms with van der Waals surface area (Å²) in [6.07, 6.45) is 1.62. The molecule has 0 aliphatic carbocycles. The number of hydrogen-bond acceptors (Lipinski definition) is 7. The van der Waals surface area contributed by atoms with Gasteiger partial charge >= 0.3 is 5.97 Å². The Morgan fingerprint density at radius 3 is 2.44 bits per heavy atom. The lowest BCUT2D eigenvalue weighted by Crippen LogP contribution is -2.48. The fraction of sp³-hybridized carbons (Fsp3) is 0.320. The van der Waals surface area contributed by atoms with E-state index >= 15 is 0 Å². The van der Waals surface area contributed by atoms with E-state index in [4.69, 9.17) is 4.74 Å². The maximum absolute atomic E-state index is 13.3. The number of nitrogens with zero attached hydrogens (tertiary/aromatic N) is 1. The predicted octanol–water partition coefficient (Wildman–Crippen LogP) is 4.38. The standard InChI is InChI=1S/C25H25NO6S2/c1-16-20-7-3-4-9-23(20)33-24(16)22(28)15-32-25(29)21-8-5-6-14-26(21)34(30,31)19-12-10-18(11-13-19)17(2)27/h3-4,7,9-13,21H,5-6,8,14-15H2,1-2H3. The van der Waals surface area contributed by atoms with Gasteiger partial charge in [0.2, 0.25) is 15.8 Å². The van der Waals surface area contributed by atoms with Crippen LogP contribution in [0.5, 0.6) is 0 Å². The molecule has 0 saturated carbocycles. The minimum absolute atomic E-state index is 0.00850. The van der Waals surface area contributed by atoms with Crippen molar-refractivity contribution in [2.45, 2.75) is 44.0 Å². The van der Waals surface area contributed by atoms with E-state index in [-0.39, 0.29) is 23.0 Å². The number of carbonyl (C=O) groups excluding carboxylic acids is 3. The third-order valence-electron chi connectivity index (χ3n) is 6.04. The van der Waals surface area contributed by atoms with Gasteiger partial charge in [0.25, 0.3) is 0 Å². The highest BCUT2D eigenvalue weighted by Gasteiger charge is 2.39. The number of esters is 1. The summed E-state index contributed by atoms with van der Waals surface area (Å²) in [4.78, 5) is 37.7. The number of benzene rings is 2. The molecule has 0 bridgehead atoms. The average Bonchev–Trinajstić information content (AvgIpc) is 3.19. The van der Waals surface area contributed by atoms with Gasteiger partial charge in [-0.2, -0.15) is 4.31 Å². The molecule has 4 rings (SSSR count). The van der Waals surface area contributed by atoms with Crippen LogP contribution in [0.15, 0.2) is 53.4 Å². The number of sulfonamides is 1. The molecule has 34 heavy (non-hydrogen) atoms. The van der Waals surface area contributed by atoms with Crippen LogP contribution < -0.4 is 0 Å². The Labute approximate surface area is 202 Å². The van der Waals surface area contributed by atoms with E-state index in [0.29, 0.717) is 29.7 Å². The van der Waals surface area contributed by atoms with Gasteiger partial charge in [0.05, 0.1) is 9.77 Å². The second-order valence-corrected chi connectivity index (χ2v) is 11.2. The molecule has 1 unspecified atom stereocenters. The van der Waals surface area contributed by atoms with Crippen molar-refractivity contribution in [3.8, 4) is 0 Å². The highest BCUT2D eigenvalue weighted by atomic mass is 32.2. The molecule has 0 radical (unpaired) electrons. The van der Waals surface area contributed by atoms with Crippen LogP contribution in [-0.4, -0.2) is 49.5 Å². The molecule has 2 aromatic carbocycles. The van der Waals surface area contributed by atoms with E-state index in [0.717, 1.165) is 20.0 Å². The first-order chi connectivity index (χ1) is 16.2. The molecule has 0 amide bonds. The SMILES string of the molecule is CC(=O)c1ccc(S(=O)(=O)N2CCCCC2C(=O)OCC(=O)c2sc3ccccc3c2C)cc1. The van der Waals surface area contributed by atoms with Crippen LogP contribution in [0, 0.1) is 6.92 Å². The molecule has 1 saturated heterocycles. The number of piperidine rings is 1. The van der Waals surface area contributed by atoms with Crippen LogP contribution in [0.3, 0.4) is 0 Å². The number of aryl methyl sites for hydroxylation is 1. The van der Waals surface area contributed by atoms with Gasteiger partial charge in [-0.25, -0.2) is 8.42 Å². The molecule has 1 atom stereocenters. The minimum atomic E-state index is -3.98. The molecule has 178 valence electrons. The Balaban J connectivity index is 1.49. The maximum atomic E-state index is 13.3. The van der Waals surface area contributed by atoms with Crippen molar-refractivity contribution in [1.29, 1.82) is 0 Å². The van der Waals surface area contributed by atoms with Gasteiger partial charge in [0, 0.05) is 16.8 Å². The van der Waals surface area contributed by atoms with Crippen molar-refractivity contribution >= 4 is 49.0 Å². The lowest BCUT2D eigenvalue weighted by atomic mass is 10.1. The quantitative estimate of drug-likeness (QED) is 0.353. The molecule has 2 heterocycles. The molecule has 1 aromatic heterocycles. The summed E-state index contributed by atoms with van der Waals surface area (Å²) in [5.74, 6) is -1.20. The van der Waals surface area contributed by atoms with E-state index in [1.54, 1.807) is 0 Å². The Morgan fingerprint density at radius 2 is 1.76 bits per heavy atom. The monoisotopic (exact) mass is 499 g/mol. The second kappa shape index (κ2) is 9.77. The molecule has 1 aliphatic rings. The summed E-state index contributed by atoms with van der Waals surface area (Å²) in [5.41, 5.74) is 1.25. The molecule has 1 fully saturated rings. The zero-order chi connectivity index (χ0) is 24.5. The number of carbonyl (C=O) groups is 3. The average molecular weight is 500 g/mol. The summed E-state index contributed by atoms with van der Waals surface area (Å²) >= 11 is 1.35. The van der Waals surface area contributed by atoms with Gasteiger partial charge in [-0.05, 0) is 62.3 Å². The number of Topliss-reactive ketones (excluding diaryl/α,β-unsaturated/α-hetero) is 2. The number of ketones is 2. The maximum Gasteiger partial charge on any atom is 0.324 e. The summed E-state index contributed by atoms with van der Waals surface area (Å²) in [5, 5.41) is 0.988. The summed E-state index contributed by atoms with van der Waals surface area (Å²) in [6, 6.07) is 12.3. The minimum Gasteiger partial charge on any atom is -0.456 e. The molecular formula is C25H25NO6S2. The lowest BCUT2D eigenvalue weighted by molar-refractivity contribution is -0.148. The Kier molecular flexibility index (Phi) is 6.97. The smallest absolute Gasteiger partial charge is 0.324 e.